The van der Waals surface area contributed by atoms with Crippen LogP contribution in [0.15, 0.2) is 48.7 Å². The summed E-state index contributed by atoms with van der Waals surface area (Å²) >= 11 is 6.01. The second kappa shape index (κ2) is 9.83. The van der Waals surface area contributed by atoms with Crippen LogP contribution in [0.25, 0.3) is 0 Å². The van der Waals surface area contributed by atoms with E-state index < -0.39 is 31.3 Å². The lowest BCUT2D eigenvalue weighted by atomic mass is 10.0. The van der Waals surface area contributed by atoms with Crippen molar-refractivity contribution in [2.45, 2.75) is 37.8 Å². The van der Waals surface area contributed by atoms with Crippen LogP contribution in [0, 0.1) is 0 Å². The Hall–Kier alpha value is -1.95. The zero-order chi connectivity index (χ0) is 24.4. The first-order chi connectivity index (χ1) is 15.4. The number of halogens is 1. The number of hydrogen-bond acceptors (Lipinski definition) is 4. The van der Waals surface area contributed by atoms with E-state index in [1.54, 1.807) is 24.4 Å². The van der Waals surface area contributed by atoms with Crippen LogP contribution >= 0.6 is 11.6 Å². The highest BCUT2D eigenvalue weighted by Crippen LogP contribution is 2.29. The monoisotopic (exact) mass is 394 g/mol. The molecular weight excluding hydrogens is 364 g/mol. The molecule has 1 atom stereocenters. The SMILES string of the molecule is [2H]C([2H])(C(=O)O)C([2H])([2H])C([2H])([2H])N1CCC(O[C@H](c2ccc(Cl)cc2)c2ccccn2)CC1. The van der Waals surface area contributed by atoms with Crippen LogP contribution in [0.1, 0.15) is 51.2 Å². The molecule has 6 heteroatoms. The quantitative estimate of drug-likeness (QED) is 0.728. The van der Waals surface area contributed by atoms with Crippen LogP contribution in [-0.4, -0.2) is 46.7 Å². The van der Waals surface area contributed by atoms with Gasteiger partial charge in [0.2, 0.25) is 0 Å². The molecular formula is C21H25ClN2O3. The van der Waals surface area contributed by atoms with Crippen molar-refractivity contribution in [2.24, 2.45) is 0 Å². The van der Waals surface area contributed by atoms with Crippen LogP contribution in [-0.2, 0) is 9.53 Å². The largest absolute Gasteiger partial charge is 0.481 e. The summed E-state index contributed by atoms with van der Waals surface area (Å²) in [5.41, 5.74) is 1.55. The Morgan fingerprint density at radius 1 is 1.30 bits per heavy atom. The number of nitrogens with zero attached hydrogens (tertiary/aromatic N) is 2. The molecule has 2 heterocycles. The van der Waals surface area contributed by atoms with Crippen LogP contribution in [0.4, 0.5) is 0 Å². The van der Waals surface area contributed by atoms with E-state index in [-0.39, 0.29) is 19.2 Å². The minimum Gasteiger partial charge on any atom is -0.481 e. The van der Waals surface area contributed by atoms with Crippen molar-refractivity contribution < 1.29 is 22.9 Å². The normalized spacial score (nSPS) is 21.8. The second-order valence-electron chi connectivity index (χ2n) is 6.18. The Labute approximate surface area is 173 Å². The molecule has 0 unspecified atom stereocenters. The Balaban J connectivity index is 1.74. The summed E-state index contributed by atoms with van der Waals surface area (Å²) in [4.78, 5) is 16.8. The van der Waals surface area contributed by atoms with Crippen LogP contribution < -0.4 is 0 Å². The van der Waals surface area contributed by atoms with E-state index in [1.165, 1.54) is 0 Å². The van der Waals surface area contributed by atoms with E-state index in [9.17, 15) is 4.79 Å². The first-order valence-electron chi connectivity index (χ1n) is 11.7. The fraction of sp³-hybridized carbons (Fsp3) is 0.429. The van der Waals surface area contributed by atoms with Gasteiger partial charge in [-0.15, -0.1) is 0 Å². The lowest BCUT2D eigenvalue weighted by Gasteiger charge is -2.34. The number of ether oxygens (including phenoxy) is 1. The Kier molecular flexibility index (Phi) is 4.83. The molecule has 3 rings (SSSR count). The highest BCUT2D eigenvalue weighted by Gasteiger charge is 2.25. The lowest BCUT2D eigenvalue weighted by molar-refractivity contribution is -0.137. The van der Waals surface area contributed by atoms with Gasteiger partial charge in [0.15, 0.2) is 0 Å². The molecule has 1 aromatic carbocycles. The molecule has 0 bridgehead atoms. The molecule has 2 aromatic rings. The van der Waals surface area contributed by atoms with Gasteiger partial charge in [-0.1, -0.05) is 29.8 Å². The van der Waals surface area contributed by atoms with Crippen LogP contribution in [0.5, 0.6) is 0 Å². The molecule has 5 nitrogen and oxygen atoms in total. The number of carboxylic acids is 1. The fourth-order valence-electron chi connectivity index (χ4n) is 2.94. The maximum atomic E-state index is 11.2. The number of pyridine rings is 1. The Morgan fingerprint density at radius 3 is 2.67 bits per heavy atom. The van der Waals surface area contributed by atoms with E-state index >= 15 is 0 Å². The molecule has 1 aromatic heterocycles. The number of rotatable bonds is 8. The smallest absolute Gasteiger partial charge is 0.303 e. The molecule has 0 spiro atoms. The average Bonchev–Trinajstić information content (AvgIpc) is 2.78. The summed E-state index contributed by atoms with van der Waals surface area (Å²) in [6.07, 6.45) is -5.09. The minimum absolute atomic E-state index is 0.0719. The van der Waals surface area contributed by atoms with Crippen molar-refractivity contribution in [2.75, 3.05) is 19.6 Å². The predicted octanol–water partition coefficient (Wildman–Crippen LogP) is 4.17. The molecule has 1 fully saturated rings. The molecule has 0 aliphatic carbocycles. The number of hydrogen-bond donors (Lipinski definition) is 1. The highest BCUT2D eigenvalue weighted by molar-refractivity contribution is 6.30. The van der Waals surface area contributed by atoms with Gasteiger partial charge >= 0.3 is 5.97 Å². The third kappa shape index (κ3) is 6.03. The van der Waals surface area contributed by atoms with Crippen molar-refractivity contribution in [3.8, 4) is 0 Å². The van der Waals surface area contributed by atoms with Crippen molar-refractivity contribution in [1.82, 2.24) is 9.88 Å². The molecule has 0 radical (unpaired) electrons. The average molecular weight is 395 g/mol. The molecule has 0 amide bonds. The van der Waals surface area contributed by atoms with Crippen molar-refractivity contribution in [1.29, 1.82) is 0 Å². The number of likely N-dealkylation sites (tertiary alicyclic amines) is 1. The van der Waals surface area contributed by atoms with E-state index in [0.29, 0.717) is 23.6 Å². The van der Waals surface area contributed by atoms with Crippen molar-refractivity contribution in [3.63, 3.8) is 0 Å². The summed E-state index contributed by atoms with van der Waals surface area (Å²) in [6.45, 7) is -2.69. The highest BCUT2D eigenvalue weighted by atomic mass is 35.5. The molecule has 1 saturated heterocycles. The fourth-order valence-corrected chi connectivity index (χ4v) is 3.07. The zero-order valence-electron chi connectivity index (χ0n) is 20.6. The summed E-state index contributed by atoms with van der Waals surface area (Å²) in [7, 11) is 0. The van der Waals surface area contributed by atoms with Gasteiger partial charge in [-0.3, -0.25) is 9.78 Å². The third-order valence-electron chi connectivity index (χ3n) is 4.28. The number of benzene rings is 1. The second-order valence-corrected chi connectivity index (χ2v) is 6.61. The maximum absolute atomic E-state index is 11.2. The van der Waals surface area contributed by atoms with Gasteiger partial charge in [0.1, 0.15) is 6.10 Å². The van der Waals surface area contributed by atoms with E-state index in [2.05, 4.69) is 4.98 Å². The summed E-state index contributed by atoms with van der Waals surface area (Å²) < 4.78 is 53.8. The lowest BCUT2D eigenvalue weighted by Crippen LogP contribution is -2.38. The third-order valence-corrected chi connectivity index (χ3v) is 4.54. The molecule has 1 aliphatic heterocycles. The maximum Gasteiger partial charge on any atom is 0.303 e. The minimum atomic E-state index is -3.40. The first-order valence-corrected chi connectivity index (χ1v) is 9.06. The van der Waals surface area contributed by atoms with Gasteiger partial charge in [-0.25, -0.2) is 0 Å². The summed E-state index contributed by atoms with van der Waals surface area (Å²) in [5, 5.41) is 9.67. The number of aromatic nitrogens is 1. The molecule has 27 heavy (non-hydrogen) atoms. The zero-order valence-corrected chi connectivity index (χ0v) is 15.4. The molecule has 1 aliphatic rings. The van der Waals surface area contributed by atoms with Gasteiger partial charge in [-0.2, -0.15) is 0 Å². The standard InChI is InChI=1S/C21H25ClN2O3/c22-17-8-6-16(7-9-17)21(19-4-1-2-12-23-19)27-18-10-14-24(15-11-18)13-3-5-20(25)26/h1-2,4,6-9,12,18,21H,3,5,10-11,13-15H2,(H,25,26)/t21-/m1/s1/i3D2,5D2,13D2. The number of carboxylic acid groups (broad SMARTS) is 1. The van der Waals surface area contributed by atoms with E-state index in [1.807, 2.05) is 24.3 Å². The Bertz CT molecular complexity index is 954. The van der Waals surface area contributed by atoms with Gasteiger partial charge in [0.25, 0.3) is 0 Å². The number of carbonyl (C=O) groups is 1. The Morgan fingerprint density at radius 2 is 2.04 bits per heavy atom. The first kappa shape index (κ1) is 13.3. The van der Waals surface area contributed by atoms with E-state index in [4.69, 9.17) is 29.7 Å². The summed E-state index contributed by atoms with van der Waals surface area (Å²) in [6, 6.07) is 12.7. The molecule has 0 saturated carbocycles. The topological polar surface area (TPSA) is 62.7 Å². The van der Waals surface area contributed by atoms with Gasteiger partial charge in [0, 0.05) is 38.9 Å². The molecule has 144 valence electrons. The predicted molar refractivity (Wildman–Crippen MR) is 105 cm³/mol. The van der Waals surface area contributed by atoms with Crippen LogP contribution in [0.2, 0.25) is 5.02 Å². The van der Waals surface area contributed by atoms with Gasteiger partial charge in [0.05, 0.1) is 11.8 Å². The van der Waals surface area contributed by atoms with Crippen LogP contribution in [0.3, 0.4) is 0 Å². The van der Waals surface area contributed by atoms with Crippen molar-refractivity contribution >= 4 is 17.6 Å². The number of aliphatic carboxylic acids is 1. The van der Waals surface area contributed by atoms with Crippen molar-refractivity contribution in [3.05, 3.63) is 64.9 Å². The molecule has 1 N–H and O–H groups in total. The summed E-state index contributed by atoms with van der Waals surface area (Å²) in [5.74, 6) is -2.05. The number of piperidine rings is 1. The van der Waals surface area contributed by atoms with Gasteiger partial charge in [-0.05, 0) is 55.5 Å². The van der Waals surface area contributed by atoms with E-state index in [0.717, 1.165) is 10.5 Å². The van der Waals surface area contributed by atoms with Gasteiger partial charge < -0.3 is 14.7 Å².